The summed E-state index contributed by atoms with van der Waals surface area (Å²) < 4.78 is 5.39. The van der Waals surface area contributed by atoms with Gasteiger partial charge in [0.15, 0.2) is 0 Å². The second-order valence-electron chi connectivity index (χ2n) is 3.56. The van der Waals surface area contributed by atoms with Crippen molar-refractivity contribution in [1.82, 2.24) is 4.90 Å². The fourth-order valence-electron chi connectivity index (χ4n) is 2.09. The highest BCUT2D eigenvalue weighted by Gasteiger charge is 2.31. The topological polar surface area (TPSA) is 12.5 Å². The van der Waals surface area contributed by atoms with Crippen LogP contribution in [0.25, 0.3) is 0 Å². The van der Waals surface area contributed by atoms with E-state index in [9.17, 15) is 0 Å². The number of morpholine rings is 1. The summed E-state index contributed by atoms with van der Waals surface area (Å²) in [6.07, 6.45) is 1.35. The second-order valence-corrected chi connectivity index (χ2v) is 3.56. The van der Waals surface area contributed by atoms with Crippen LogP contribution in [0, 0.1) is 5.92 Å². The van der Waals surface area contributed by atoms with E-state index in [-0.39, 0.29) is 0 Å². The summed E-state index contributed by atoms with van der Waals surface area (Å²) in [4.78, 5) is 2.56. The number of rotatable bonds is 0. The van der Waals surface area contributed by atoms with E-state index in [0.717, 1.165) is 31.7 Å². The van der Waals surface area contributed by atoms with E-state index in [0.29, 0.717) is 0 Å². The molecule has 0 amide bonds. The lowest BCUT2D eigenvalue weighted by Gasteiger charge is -2.28. The van der Waals surface area contributed by atoms with Crippen molar-refractivity contribution in [3.8, 4) is 0 Å². The minimum absolute atomic E-state index is 0.753. The fraction of sp³-hybridized carbons (Fsp3) is 1.00. The molecule has 0 aromatic carbocycles. The molecule has 0 aliphatic carbocycles. The highest BCUT2D eigenvalue weighted by Crippen LogP contribution is 2.24. The second kappa shape index (κ2) is 4.83. The average molecular weight is 171 g/mol. The largest absolute Gasteiger partial charge is 0.378 e. The van der Waals surface area contributed by atoms with Gasteiger partial charge in [-0.3, -0.25) is 4.90 Å². The molecule has 0 aromatic rings. The van der Waals surface area contributed by atoms with Gasteiger partial charge < -0.3 is 4.74 Å². The maximum Gasteiger partial charge on any atom is 0.0622 e. The van der Waals surface area contributed by atoms with E-state index in [1.807, 2.05) is 13.8 Å². The highest BCUT2D eigenvalue weighted by molar-refractivity contribution is 4.84. The van der Waals surface area contributed by atoms with Gasteiger partial charge in [-0.15, -0.1) is 0 Å². The summed E-state index contributed by atoms with van der Waals surface area (Å²) in [6.45, 7) is 10.7. The molecule has 0 aromatic heterocycles. The summed E-state index contributed by atoms with van der Waals surface area (Å²) in [7, 11) is 0. The molecule has 0 N–H and O–H groups in total. The minimum atomic E-state index is 0.753. The third-order valence-electron chi connectivity index (χ3n) is 2.57. The third kappa shape index (κ3) is 2.20. The monoisotopic (exact) mass is 171 g/mol. The normalized spacial score (nSPS) is 35.2. The van der Waals surface area contributed by atoms with Crippen molar-refractivity contribution in [3.63, 3.8) is 0 Å². The quantitative estimate of drug-likeness (QED) is 0.550. The Hall–Kier alpha value is -0.0800. The Labute approximate surface area is 75.9 Å². The summed E-state index contributed by atoms with van der Waals surface area (Å²) in [5, 5.41) is 0. The molecule has 2 saturated heterocycles. The molecule has 2 nitrogen and oxygen atoms in total. The smallest absolute Gasteiger partial charge is 0.0622 e. The first kappa shape index (κ1) is 10.0. The van der Waals surface area contributed by atoms with E-state index in [1.165, 1.54) is 13.0 Å². The molecule has 2 rings (SSSR count). The summed E-state index contributed by atoms with van der Waals surface area (Å²) in [6, 6.07) is 0.753. The van der Waals surface area contributed by atoms with Gasteiger partial charge in [-0.1, -0.05) is 20.8 Å². The van der Waals surface area contributed by atoms with E-state index in [1.54, 1.807) is 0 Å². The van der Waals surface area contributed by atoms with Crippen LogP contribution in [0.3, 0.4) is 0 Å². The molecule has 12 heavy (non-hydrogen) atoms. The first-order valence-electron chi connectivity index (χ1n) is 5.18. The Morgan fingerprint density at radius 2 is 2.08 bits per heavy atom. The van der Waals surface area contributed by atoms with E-state index >= 15 is 0 Å². The number of hydrogen-bond donors (Lipinski definition) is 0. The van der Waals surface area contributed by atoms with Crippen LogP contribution in [-0.4, -0.2) is 37.2 Å². The molecule has 2 aliphatic rings. The number of fused-ring (bicyclic) bond motifs is 1. The third-order valence-corrected chi connectivity index (χ3v) is 2.57. The van der Waals surface area contributed by atoms with Crippen LogP contribution in [-0.2, 0) is 4.74 Å². The number of nitrogens with zero attached hydrogens (tertiary/aromatic N) is 1. The van der Waals surface area contributed by atoms with Crippen LogP contribution in [0.5, 0.6) is 0 Å². The molecule has 0 radical (unpaired) electrons. The van der Waals surface area contributed by atoms with Gasteiger partial charge in [0.2, 0.25) is 0 Å². The molecule has 2 heteroatoms. The number of hydrogen-bond acceptors (Lipinski definition) is 2. The fourth-order valence-corrected chi connectivity index (χ4v) is 2.09. The zero-order valence-electron chi connectivity index (χ0n) is 8.55. The van der Waals surface area contributed by atoms with Crippen molar-refractivity contribution in [1.29, 1.82) is 0 Å². The zero-order chi connectivity index (χ0) is 8.97. The van der Waals surface area contributed by atoms with Crippen LogP contribution in [0.4, 0.5) is 0 Å². The molecule has 2 fully saturated rings. The van der Waals surface area contributed by atoms with Crippen LogP contribution < -0.4 is 0 Å². The Morgan fingerprint density at radius 1 is 1.33 bits per heavy atom. The van der Waals surface area contributed by atoms with E-state index in [2.05, 4.69) is 11.8 Å². The molecule has 0 unspecified atom stereocenters. The van der Waals surface area contributed by atoms with Crippen molar-refractivity contribution in [2.24, 2.45) is 5.92 Å². The van der Waals surface area contributed by atoms with Crippen LogP contribution in [0.2, 0.25) is 0 Å². The molecular formula is C10H21NO. The molecule has 72 valence electrons. The molecule has 0 spiro atoms. The molecule has 2 heterocycles. The molecular weight excluding hydrogens is 150 g/mol. The van der Waals surface area contributed by atoms with Gasteiger partial charge in [0.05, 0.1) is 13.2 Å². The lowest BCUT2D eigenvalue weighted by molar-refractivity contribution is 0.0128. The van der Waals surface area contributed by atoms with Gasteiger partial charge in [-0.25, -0.2) is 0 Å². The van der Waals surface area contributed by atoms with E-state index < -0.39 is 0 Å². The van der Waals surface area contributed by atoms with Crippen molar-refractivity contribution >= 4 is 0 Å². The maximum absolute atomic E-state index is 5.39. The predicted octanol–water partition coefficient (Wildman–Crippen LogP) is 1.75. The Kier molecular flexibility index (Phi) is 4.02. The summed E-state index contributed by atoms with van der Waals surface area (Å²) >= 11 is 0. The van der Waals surface area contributed by atoms with Gasteiger partial charge in [-0.2, -0.15) is 0 Å². The highest BCUT2D eigenvalue weighted by atomic mass is 16.5. The van der Waals surface area contributed by atoms with Gasteiger partial charge in [-0.05, 0) is 12.3 Å². The van der Waals surface area contributed by atoms with Gasteiger partial charge in [0.1, 0.15) is 0 Å². The molecule has 0 saturated carbocycles. The van der Waals surface area contributed by atoms with Crippen molar-refractivity contribution in [3.05, 3.63) is 0 Å². The summed E-state index contributed by atoms with van der Waals surface area (Å²) in [5.41, 5.74) is 0. The molecule has 2 aliphatic heterocycles. The standard InChI is InChI=1S/C8H15NO.C2H6/c1-7-4-8-6-10-3-2-9(8)5-7;1-2/h7-8H,2-6H2,1H3;1-2H3/t7-,8-;/m0./s1. The van der Waals surface area contributed by atoms with Crippen molar-refractivity contribution < 1.29 is 4.74 Å². The Morgan fingerprint density at radius 3 is 2.75 bits per heavy atom. The molecule has 2 atom stereocenters. The predicted molar refractivity (Wildman–Crippen MR) is 51.3 cm³/mol. The minimum Gasteiger partial charge on any atom is -0.378 e. The van der Waals surface area contributed by atoms with E-state index in [4.69, 9.17) is 4.74 Å². The lowest BCUT2D eigenvalue weighted by atomic mass is 10.1. The number of ether oxygens (including phenoxy) is 1. The summed E-state index contributed by atoms with van der Waals surface area (Å²) in [5.74, 6) is 0.895. The van der Waals surface area contributed by atoms with Gasteiger partial charge >= 0.3 is 0 Å². The van der Waals surface area contributed by atoms with Gasteiger partial charge in [0, 0.05) is 19.1 Å². The Bertz CT molecular complexity index is 113. The molecule has 0 bridgehead atoms. The first-order valence-corrected chi connectivity index (χ1v) is 5.18. The van der Waals surface area contributed by atoms with Crippen LogP contribution >= 0.6 is 0 Å². The van der Waals surface area contributed by atoms with Crippen molar-refractivity contribution in [2.75, 3.05) is 26.3 Å². The van der Waals surface area contributed by atoms with Crippen LogP contribution in [0.15, 0.2) is 0 Å². The zero-order valence-corrected chi connectivity index (χ0v) is 8.55. The lowest BCUT2D eigenvalue weighted by Crippen LogP contribution is -2.40. The SMILES string of the molecule is CC.C[C@H]1C[C@H]2COCCN2C1. The maximum atomic E-state index is 5.39. The Balaban J connectivity index is 0.000000336. The first-order chi connectivity index (χ1) is 5.86. The van der Waals surface area contributed by atoms with Crippen LogP contribution in [0.1, 0.15) is 27.2 Å². The van der Waals surface area contributed by atoms with Gasteiger partial charge in [0.25, 0.3) is 0 Å². The van der Waals surface area contributed by atoms with Crippen molar-refractivity contribution in [2.45, 2.75) is 33.2 Å². The average Bonchev–Trinajstić information content (AvgIpc) is 2.48.